The van der Waals surface area contributed by atoms with E-state index in [2.05, 4.69) is 0 Å². The second kappa shape index (κ2) is 9.90. The van der Waals surface area contributed by atoms with Crippen LogP contribution in [0.1, 0.15) is 34.1 Å². The largest absolute Gasteiger partial charge is 0.489 e. The molecule has 4 aromatic rings. The molecule has 0 aromatic heterocycles. The monoisotopic (exact) mass is 450 g/mol. The van der Waals surface area contributed by atoms with Gasteiger partial charge in [0.2, 0.25) is 0 Å². The van der Waals surface area contributed by atoms with E-state index in [0.29, 0.717) is 23.5 Å². The number of halogens is 4. The van der Waals surface area contributed by atoms with Gasteiger partial charge in [0.05, 0.1) is 5.92 Å². The van der Waals surface area contributed by atoms with E-state index in [4.69, 9.17) is 4.74 Å². The molecule has 33 heavy (non-hydrogen) atoms. The maximum Gasteiger partial charge on any atom is 0.396 e. The van der Waals surface area contributed by atoms with Gasteiger partial charge in [0.25, 0.3) is 0 Å². The van der Waals surface area contributed by atoms with Gasteiger partial charge in [-0.05, 0) is 46.5 Å². The van der Waals surface area contributed by atoms with Gasteiger partial charge in [-0.3, -0.25) is 0 Å². The van der Waals surface area contributed by atoms with Gasteiger partial charge in [-0.15, -0.1) is 0 Å². The van der Waals surface area contributed by atoms with Crippen molar-refractivity contribution < 1.29 is 22.3 Å². The second-order valence-corrected chi connectivity index (χ2v) is 7.80. The Kier molecular flexibility index (Phi) is 6.78. The molecule has 0 spiro atoms. The fourth-order valence-electron chi connectivity index (χ4n) is 3.99. The summed E-state index contributed by atoms with van der Waals surface area (Å²) in [5.74, 6) is -2.77. The molecule has 0 saturated heterocycles. The fourth-order valence-corrected chi connectivity index (χ4v) is 3.99. The van der Waals surface area contributed by atoms with E-state index in [0.717, 1.165) is 5.56 Å². The van der Waals surface area contributed by atoms with Crippen LogP contribution in [0, 0.1) is 5.82 Å². The van der Waals surface area contributed by atoms with Crippen LogP contribution in [0.3, 0.4) is 0 Å². The summed E-state index contributed by atoms with van der Waals surface area (Å²) in [5, 5.41) is 0. The van der Waals surface area contributed by atoms with Crippen molar-refractivity contribution >= 4 is 0 Å². The van der Waals surface area contributed by atoms with Crippen molar-refractivity contribution in [3.05, 3.63) is 137 Å². The smallest absolute Gasteiger partial charge is 0.396 e. The Morgan fingerprint density at radius 1 is 0.606 bits per heavy atom. The highest BCUT2D eigenvalue weighted by atomic mass is 19.4. The topological polar surface area (TPSA) is 9.23 Å². The van der Waals surface area contributed by atoms with E-state index in [1.54, 1.807) is 42.5 Å². The van der Waals surface area contributed by atoms with Crippen LogP contribution in [0.15, 0.2) is 109 Å². The zero-order chi connectivity index (χ0) is 23.3. The normalized spacial score (nSPS) is 13.3. The van der Waals surface area contributed by atoms with Gasteiger partial charge in [0.1, 0.15) is 18.2 Å². The van der Waals surface area contributed by atoms with Crippen molar-refractivity contribution in [2.75, 3.05) is 0 Å². The first-order valence-corrected chi connectivity index (χ1v) is 10.6. The molecule has 1 nitrogen and oxygen atoms in total. The lowest BCUT2D eigenvalue weighted by molar-refractivity contribution is -0.153. The summed E-state index contributed by atoms with van der Waals surface area (Å²) < 4.78 is 62.5. The Hall–Kier alpha value is -3.60. The van der Waals surface area contributed by atoms with Crippen LogP contribution in [0.2, 0.25) is 0 Å². The molecule has 0 amide bonds. The van der Waals surface area contributed by atoms with Gasteiger partial charge in [-0.1, -0.05) is 84.9 Å². The predicted octanol–water partition coefficient (Wildman–Crippen LogP) is 7.88. The van der Waals surface area contributed by atoms with Crippen LogP contribution in [0.4, 0.5) is 17.6 Å². The highest BCUT2D eigenvalue weighted by molar-refractivity contribution is 5.41. The minimum absolute atomic E-state index is 0.156. The lowest BCUT2D eigenvalue weighted by atomic mass is 9.76. The van der Waals surface area contributed by atoms with Crippen LogP contribution < -0.4 is 4.74 Å². The van der Waals surface area contributed by atoms with E-state index >= 15 is 0 Å². The maximum atomic E-state index is 14.4. The van der Waals surface area contributed by atoms with Crippen LogP contribution in [0.25, 0.3) is 0 Å². The molecule has 5 heteroatoms. The Bertz CT molecular complexity index is 1140. The summed E-state index contributed by atoms with van der Waals surface area (Å²) in [4.78, 5) is 0. The molecule has 4 rings (SSSR count). The highest BCUT2D eigenvalue weighted by Crippen LogP contribution is 2.48. The van der Waals surface area contributed by atoms with E-state index in [-0.39, 0.29) is 5.56 Å². The van der Waals surface area contributed by atoms with Crippen molar-refractivity contribution in [1.29, 1.82) is 0 Å². The molecule has 4 aromatic carbocycles. The quantitative estimate of drug-likeness (QED) is 0.260. The SMILES string of the molecule is Fc1ccc(C(c2ccc(OCc3ccccc3)cc2)C(c2ccccc2)C(F)(F)F)cc1. The highest BCUT2D eigenvalue weighted by Gasteiger charge is 2.46. The molecular formula is C28H22F4O. The lowest BCUT2D eigenvalue weighted by Gasteiger charge is -2.30. The third-order valence-electron chi connectivity index (χ3n) is 5.56. The molecule has 0 radical (unpaired) electrons. The molecule has 2 unspecified atom stereocenters. The van der Waals surface area contributed by atoms with Gasteiger partial charge >= 0.3 is 6.18 Å². The number of hydrogen-bond acceptors (Lipinski definition) is 1. The van der Waals surface area contributed by atoms with Gasteiger partial charge in [0.15, 0.2) is 0 Å². The third kappa shape index (κ3) is 5.61. The summed E-state index contributed by atoms with van der Waals surface area (Å²) in [6, 6.07) is 29.3. The molecule has 0 aliphatic heterocycles. The van der Waals surface area contributed by atoms with Gasteiger partial charge in [-0.2, -0.15) is 13.2 Å². The van der Waals surface area contributed by atoms with E-state index in [1.807, 2.05) is 30.3 Å². The Balaban J connectivity index is 1.69. The number of ether oxygens (including phenoxy) is 1. The molecule has 0 aliphatic carbocycles. The maximum absolute atomic E-state index is 14.4. The molecule has 0 saturated carbocycles. The summed E-state index contributed by atoms with van der Waals surface area (Å²) in [6.45, 7) is 0.358. The average molecular weight is 450 g/mol. The minimum Gasteiger partial charge on any atom is -0.489 e. The number of benzene rings is 4. The first-order valence-electron chi connectivity index (χ1n) is 10.6. The Labute approximate surface area is 190 Å². The fraction of sp³-hybridized carbons (Fsp3) is 0.143. The molecular weight excluding hydrogens is 428 g/mol. The van der Waals surface area contributed by atoms with Crippen molar-refractivity contribution in [3.63, 3.8) is 0 Å². The first-order chi connectivity index (χ1) is 15.9. The van der Waals surface area contributed by atoms with Crippen LogP contribution in [-0.2, 0) is 6.61 Å². The Morgan fingerprint density at radius 3 is 1.67 bits per heavy atom. The molecule has 0 bridgehead atoms. The second-order valence-electron chi connectivity index (χ2n) is 7.80. The molecule has 0 fully saturated rings. The summed E-state index contributed by atoms with van der Waals surface area (Å²) in [6.07, 6.45) is -4.51. The third-order valence-corrected chi connectivity index (χ3v) is 5.56. The first kappa shape index (κ1) is 22.6. The van der Waals surface area contributed by atoms with Gasteiger partial charge in [-0.25, -0.2) is 4.39 Å². The standard InChI is InChI=1S/C28H22F4O/c29-24-15-11-21(12-16-24)26(27(28(30,31)32)23-9-5-2-6-10-23)22-13-17-25(18-14-22)33-19-20-7-3-1-4-8-20/h1-18,26-27H,19H2. The lowest BCUT2D eigenvalue weighted by Crippen LogP contribution is -2.28. The summed E-state index contributed by atoms with van der Waals surface area (Å²) in [5.41, 5.74) is 2.01. The zero-order valence-electron chi connectivity index (χ0n) is 17.7. The van der Waals surface area contributed by atoms with Crippen molar-refractivity contribution in [1.82, 2.24) is 0 Å². The minimum atomic E-state index is -4.51. The zero-order valence-corrected chi connectivity index (χ0v) is 17.7. The summed E-state index contributed by atoms with van der Waals surface area (Å²) >= 11 is 0. The van der Waals surface area contributed by atoms with Gasteiger partial charge in [0, 0.05) is 5.92 Å². The van der Waals surface area contributed by atoms with E-state index < -0.39 is 23.8 Å². The summed E-state index contributed by atoms with van der Waals surface area (Å²) in [7, 11) is 0. The molecule has 0 N–H and O–H groups in total. The van der Waals surface area contributed by atoms with Crippen LogP contribution >= 0.6 is 0 Å². The number of rotatable bonds is 7. The van der Waals surface area contributed by atoms with Crippen LogP contribution in [0.5, 0.6) is 5.75 Å². The average Bonchev–Trinajstić information content (AvgIpc) is 2.83. The van der Waals surface area contributed by atoms with Crippen molar-refractivity contribution in [3.8, 4) is 5.75 Å². The van der Waals surface area contributed by atoms with Crippen LogP contribution in [-0.4, -0.2) is 6.18 Å². The molecule has 0 aliphatic rings. The van der Waals surface area contributed by atoms with E-state index in [9.17, 15) is 17.6 Å². The van der Waals surface area contributed by atoms with Crippen molar-refractivity contribution in [2.45, 2.75) is 24.6 Å². The Morgan fingerprint density at radius 2 is 1.12 bits per heavy atom. The molecule has 168 valence electrons. The van der Waals surface area contributed by atoms with Crippen molar-refractivity contribution in [2.24, 2.45) is 0 Å². The number of alkyl halides is 3. The number of hydrogen-bond donors (Lipinski definition) is 0. The molecule has 2 atom stereocenters. The predicted molar refractivity (Wildman–Crippen MR) is 121 cm³/mol. The van der Waals surface area contributed by atoms with Gasteiger partial charge < -0.3 is 4.74 Å². The van der Waals surface area contributed by atoms with E-state index in [1.165, 1.54) is 36.4 Å². The molecule has 0 heterocycles.